The van der Waals surface area contributed by atoms with Crippen LogP contribution in [0.2, 0.25) is 0 Å². The molecule has 0 aromatic carbocycles. The third kappa shape index (κ3) is 5.41. The number of rotatable bonds is 4. The molecule has 5 heteroatoms. The molecule has 10 heavy (non-hydrogen) atoms. The maximum atomic E-state index is 9.91. The van der Waals surface area contributed by atoms with Crippen LogP contribution in [-0.4, -0.2) is 34.2 Å². The minimum atomic E-state index is -1.49. The van der Waals surface area contributed by atoms with E-state index in [4.69, 9.17) is 10.00 Å². The van der Waals surface area contributed by atoms with E-state index >= 15 is 0 Å². The third-order valence-electron chi connectivity index (χ3n) is 0.788. The molecule has 0 aliphatic carbocycles. The highest BCUT2D eigenvalue weighted by Gasteiger charge is 2.07. The SMILES string of the molecule is O=C/C=[P+](\O)CCC(=O)O. The maximum Gasteiger partial charge on any atom is 0.307 e. The molecule has 0 fully saturated rings. The van der Waals surface area contributed by atoms with Crippen LogP contribution in [0.1, 0.15) is 6.42 Å². The zero-order chi connectivity index (χ0) is 7.98. The van der Waals surface area contributed by atoms with Gasteiger partial charge in [0.05, 0.1) is 6.42 Å². The van der Waals surface area contributed by atoms with Crippen molar-refractivity contribution >= 4 is 25.8 Å². The highest BCUT2D eigenvalue weighted by Crippen LogP contribution is 2.14. The molecule has 0 aliphatic heterocycles. The Labute approximate surface area is 59.0 Å². The summed E-state index contributed by atoms with van der Waals surface area (Å²) >= 11 is 0. The van der Waals surface area contributed by atoms with Gasteiger partial charge in [-0.25, -0.2) is 0 Å². The molecule has 0 bridgehead atoms. The lowest BCUT2D eigenvalue weighted by Gasteiger charge is -1.81. The Kier molecular flexibility index (Phi) is 4.72. The molecule has 0 saturated heterocycles. The Bertz CT molecular complexity index is 163. The van der Waals surface area contributed by atoms with Crippen molar-refractivity contribution in [3.8, 4) is 0 Å². The van der Waals surface area contributed by atoms with Crippen molar-refractivity contribution in [2.45, 2.75) is 6.42 Å². The van der Waals surface area contributed by atoms with Crippen molar-refractivity contribution in [3.63, 3.8) is 0 Å². The summed E-state index contributed by atoms with van der Waals surface area (Å²) in [5.41, 5.74) is 0. The Hall–Kier alpha value is -0.730. The average molecular weight is 163 g/mol. The Morgan fingerprint density at radius 3 is 2.60 bits per heavy atom. The van der Waals surface area contributed by atoms with E-state index in [9.17, 15) is 9.59 Å². The zero-order valence-electron chi connectivity index (χ0n) is 5.23. The minimum Gasteiger partial charge on any atom is -0.481 e. The second-order valence-corrected chi connectivity index (χ2v) is 3.22. The first kappa shape index (κ1) is 9.27. The lowest BCUT2D eigenvalue weighted by molar-refractivity contribution is -0.136. The molecular formula is C5H8O4P+. The van der Waals surface area contributed by atoms with Crippen molar-refractivity contribution < 1.29 is 19.6 Å². The number of carboxylic acids is 1. The Morgan fingerprint density at radius 2 is 2.20 bits per heavy atom. The zero-order valence-corrected chi connectivity index (χ0v) is 6.12. The number of carbonyl (C=O) groups excluding carboxylic acids is 1. The fraction of sp³-hybridized carbons (Fsp3) is 0.400. The van der Waals surface area contributed by atoms with Crippen molar-refractivity contribution in [3.05, 3.63) is 0 Å². The van der Waals surface area contributed by atoms with Crippen molar-refractivity contribution in [1.29, 1.82) is 0 Å². The molecule has 0 rings (SSSR count). The van der Waals surface area contributed by atoms with Gasteiger partial charge in [-0.05, 0) is 0 Å². The van der Waals surface area contributed by atoms with E-state index in [0.29, 0.717) is 6.29 Å². The summed E-state index contributed by atoms with van der Waals surface area (Å²) in [7, 11) is -1.49. The van der Waals surface area contributed by atoms with Gasteiger partial charge in [0, 0.05) is 0 Å². The van der Waals surface area contributed by atoms with E-state index in [1.54, 1.807) is 0 Å². The summed E-state index contributed by atoms with van der Waals surface area (Å²) in [5.74, 6) is 0.124. The summed E-state index contributed by atoms with van der Waals surface area (Å²) in [4.78, 5) is 28.4. The molecule has 1 unspecified atom stereocenters. The number of carbonyl (C=O) groups is 2. The van der Waals surface area contributed by atoms with E-state index in [2.05, 4.69) is 0 Å². The van der Waals surface area contributed by atoms with Crippen LogP contribution in [-0.2, 0) is 9.59 Å². The molecule has 0 aromatic heterocycles. The molecule has 56 valence electrons. The van der Waals surface area contributed by atoms with Crippen molar-refractivity contribution in [1.82, 2.24) is 0 Å². The van der Waals surface area contributed by atoms with Gasteiger partial charge in [0.1, 0.15) is 6.16 Å². The van der Waals surface area contributed by atoms with Crippen LogP contribution in [0.3, 0.4) is 0 Å². The summed E-state index contributed by atoms with van der Waals surface area (Å²) in [6.45, 7) is 0. The van der Waals surface area contributed by atoms with Crippen LogP contribution in [0.5, 0.6) is 0 Å². The van der Waals surface area contributed by atoms with Gasteiger partial charge in [0.2, 0.25) is 0 Å². The number of aliphatic carboxylic acids is 1. The van der Waals surface area contributed by atoms with Crippen molar-refractivity contribution in [2.24, 2.45) is 0 Å². The van der Waals surface area contributed by atoms with Crippen LogP contribution in [0.15, 0.2) is 0 Å². The molecule has 0 saturated carbocycles. The van der Waals surface area contributed by atoms with E-state index in [1.165, 1.54) is 0 Å². The number of hydrogen-bond donors (Lipinski definition) is 2. The summed E-state index contributed by atoms with van der Waals surface area (Å²) in [6.07, 6.45) is 0.545. The minimum absolute atomic E-state index is 0.0907. The lowest BCUT2D eigenvalue weighted by atomic mass is 10.5. The third-order valence-corrected chi connectivity index (χ3v) is 1.94. The summed E-state index contributed by atoms with van der Waals surface area (Å²) in [5, 5.41) is 8.13. The predicted octanol–water partition coefficient (Wildman–Crippen LogP) is -0.149. The standard InChI is InChI=1S/C5H7O4P/c6-2-4-10(9)3-1-5(7)8/h2,4H,1,3H2,(H-,6,7,8,9)/p+1. The molecule has 0 heterocycles. The highest BCUT2D eigenvalue weighted by atomic mass is 31.1. The average Bonchev–Trinajstić information content (AvgIpc) is 1.85. The van der Waals surface area contributed by atoms with E-state index in [-0.39, 0.29) is 12.6 Å². The van der Waals surface area contributed by atoms with Gasteiger partial charge < -0.3 is 5.11 Å². The molecule has 2 N–H and O–H groups in total. The highest BCUT2D eigenvalue weighted by molar-refractivity contribution is 7.53. The molecule has 4 nitrogen and oxygen atoms in total. The van der Waals surface area contributed by atoms with Crippen molar-refractivity contribution in [2.75, 3.05) is 6.16 Å². The van der Waals surface area contributed by atoms with Gasteiger partial charge in [0.25, 0.3) is 7.77 Å². The van der Waals surface area contributed by atoms with Crippen LogP contribution >= 0.6 is 7.77 Å². The fourth-order valence-electron chi connectivity index (χ4n) is 0.355. The van der Waals surface area contributed by atoms with Crippen LogP contribution in [0.25, 0.3) is 0 Å². The largest absolute Gasteiger partial charge is 0.481 e. The van der Waals surface area contributed by atoms with Gasteiger partial charge in [0.15, 0.2) is 12.1 Å². The smallest absolute Gasteiger partial charge is 0.307 e. The second-order valence-electron chi connectivity index (χ2n) is 1.59. The van der Waals surface area contributed by atoms with Crippen LogP contribution < -0.4 is 0 Å². The van der Waals surface area contributed by atoms with E-state index in [1.807, 2.05) is 0 Å². The quantitative estimate of drug-likeness (QED) is 0.446. The van der Waals surface area contributed by atoms with Gasteiger partial charge >= 0.3 is 5.97 Å². The summed E-state index contributed by atoms with van der Waals surface area (Å²) < 4.78 is 0. The molecule has 0 spiro atoms. The number of hydrogen-bond acceptors (Lipinski definition) is 3. The lowest BCUT2D eigenvalue weighted by Crippen LogP contribution is -1.96. The molecule has 1 atom stereocenters. The molecular weight excluding hydrogens is 155 g/mol. The molecule has 0 radical (unpaired) electrons. The second kappa shape index (κ2) is 5.09. The topological polar surface area (TPSA) is 74.6 Å². The van der Waals surface area contributed by atoms with Gasteiger partial charge in [-0.3, -0.25) is 9.59 Å². The number of carboxylic acid groups (broad SMARTS) is 1. The first-order chi connectivity index (χ1) is 4.66. The normalized spacial score (nSPS) is 11.1. The maximum absolute atomic E-state index is 9.91. The summed E-state index contributed by atoms with van der Waals surface area (Å²) in [6, 6.07) is 0. The first-order valence-corrected chi connectivity index (χ1v) is 4.17. The van der Waals surface area contributed by atoms with E-state index < -0.39 is 13.7 Å². The molecule has 0 aliphatic rings. The predicted molar refractivity (Wildman–Crippen MR) is 38.4 cm³/mol. The monoisotopic (exact) mass is 163 g/mol. The first-order valence-electron chi connectivity index (χ1n) is 2.62. The molecule has 0 aromatic rings. The fourth-order valence-corrected chi connectivity index (χ4v) is 1.06. The van der Waals surface area contributed by atoms with E-state index in [0.717, 1.165) is 5.80 Å². The number of aldehydes is 1. The molecule has 0 amide bonds. The van der Waals surface area contributed by atoms with Gasteiger partial charge in [-0.15, -0.1) is 0 Å². The van der Waals surface area contributed by atoms with Crippen LogP contribution in [0, 0.1) is 0 Å². The van der Waals surface area contributed by atoms with Crippen LogP contribution in [0.4, 0.5) is 0 Å². The Balaban J connectivity index is 3.58. The Morgan fingerprint density at radius 1 is 1.60 bits per heavy atom. The van der Waals surface area contributed by atoms with Gasteiger partial charge in [-0.2, -0.15) is 4.89 Å². The van der Waals surface area contributed by atoms with Gasteiger partial charge in [-0.1, -0.05) is 0 Å².